The maximum atomic E-state index is 4.48. The first kappa shape index (κ1) is 10.1. The van der Waals surface area contributed by atoms with Crippen LogP contribution in [0.15, 0.2) is 6.20 Å². The van der Waals surface area contributed by atoms with Gasteiger partial charge in [0.1, 0.15) is 5.01 Å². The van der Waals surface area contributed by atoms with Gasteiger partial charge in [-0.3, -0.25) is 0 Å². The highest BCUT2D eigenvalue weighted by molar-refractivity contribution is 7.11. The van der Waals surface area contributed by atoms with E-state index in [1.165, 1.54) is 22.7 Å². The number of aromatic nitrogens is 1. The van der Waals surface area contributed by atoms with Crippen LogP contribution in [0.25, 0.3) is 0 Å². The van der Waals surface area contributed by atoms with Crippen molar-refractivity contribution < 1.29 is 0 Å². The molecule has 2 heterocycles. The monoisotopic (exact) mass is 211 g/mol. The van der Waals surface area contributed by atoms with Gasteiger partial charge in [-0.1, -0.05) is 0 Å². The van der Waals surface area contributed by atoms with E-state index in [4.69, 9.17) is 0 Å². The van der Waals surface area contributed by atoms with Crippen molar-refractivity contribution in [3.63, 3.8) is 0 Å². The molecule has 0 aromatic carbocycles. The van der Waals surface area contributed by atoms with E-state index in [1.54, 1.807) is 0 Å². The zero-order valence-corrected chi connectivity index (χ0v) is 9.60. The van der Waals surface area contributed by atoms with Crippen LogP contribution >= 0.6 is 11.3 Å². The number of nitrogens with zero attached hydrogens (tertiary/aromatic N) is 2. The molecule has 14 heavy (non-hydrogen) atoms. The van der Waals surface area contributed by atoms with Crippen molar-refractivity contribution in [3.05, 3.63) is 16.1 Å². The molecule has 1 saturated heterocycles. The molecule has 1 N–H and O–H groups in total. The standard InChI is InChI=1S/C10H17N3S/c1-13(2)7-8-6-12-10(14-8)9-4-3-5-11-9/h6,9,11H,3-5,7H2,1-2H3. The van der Waals surface area contributed by atoms with Gasteiger partial charge in [0.25, 0.3) is 0 Å². The summed E-state index contributed by atoms with van der Waals surface area (Å²) >= 11 is 1.84. The normalized spacial score (nSPS) is 22.1. The van der Waals surface area contributed by atoms with Crippen molar-refractivity contribution in [2.75, 3.05) is 20.6 Å². The fourth-order valence-corrected chi connectivity index (χ4v) is 2.91. The second-order valence-electron chi connectivity index (χ2n) is 4.05. The van der Waals surface area contributed by atoms with E-state index in [2.05, 4.69) is 29.3 Å². The molecule has 2 rings (SSSR count). The SMILES string of the molecule is CN(C)Cc1cnc(C2CCCN2)s1. The van der Waals surface area contributed by atoms with Crippen LogP contribution in [0, 0.1) is 0 Å². The molecule has 1 aliphatic heterocycles. The molecular formula is C10H17N3S. The predicted molar refractivity (Wildman–Crippen MR) is 59.5 cm³/mol. The minimum atomic E-state index is 0.524. The van der Waals surface area contributed by atoms with Crippen molar-refractivity contribution in [3.8, 4) is 0 Å². The van der Waals surface area contributed by atoms with Crippen LogP contribution in [0.5, 0.6) is 0 Å². The van der Waals surface area contributed by atoms with Crippen LogP contribution in [0.2, 0.25) is 0 Å². The zero-order chi connectivity index (χ0) is 9.97. The first-order chi connectivity index (χ1) is 6.75. The molecule has 0 aliphatic carbocycles. The Morgan fingerprint density at radius 1 is 1.64 bits per heavy atom. The maximum absolute atomic E-state index is 4.48. The Morgan fingerprint density at radius 3 is 3.14 bits per heavy atom. The van der Waals surface area contributed by atoms with E-state index < -0.39 is 0 Å². The third-order valence-electron chi connectivity index (χ3n) is 2.40. The van der Waals surface area contributed by atoms with Crippen molar-refractivity contribution in [1.82, 2.24) is 15.2 Å². The zero-order valence-electron chi connectivity index (χ0n) is 8.79. The van der Waals surface area contributed by atoms with Gasteiger partial charge in [0.2, 0.25) is 0 Å². The maximum Gasteiger partial charge on any atom is 0.110 e. The third kappa shape index (κ3) is 2.32. The average molecular weight is 211 g/mol. The molecule has 0 bridgehead atoms. The highest BCUT2D eigenvalue weighted by Gasteiger charge is 2.19. The number of hydrogen-bond acceptors (Lipinski definition) is 4. The Kier molecular flexibility index (Phi) is 3.15. The van der Waals surface area contributed by atoms with Crippen LogP contribution in [0.4, 0.5) is 0 Å². The van der Waals surface area contributed by atoms with Crippen LogP contribution in [0.1, 0.15) is 28.8 Å². The van der Waals surface area contributed by atoms with Crippen LogP contribution in [-0.2, 0) is 6.54 Å². The molecule has 78 valence electrons. The van der Waals surface area contributed by atoms with Gasteiger partial charge < -0.3 is 10.2 Å². The first-order valence-electron chi connectivity index (χ1n) is 5.08. The molecule has 1 atom stereocenters. The van der Waals surface area contributed by atoms with Crippen molar-refractivity contribution in [2.24, 2.45) is 0 Å². The van der Waals surface area contributed by atoms with Crippen LogP contribution < -0.4 is 5.32 Å². The Labute approximate surface area is 89.1 Å². The lowest BCUT2D eigenvalue weighted by Crippen LogP contribution is -2.12. The summed E-state index contributed by atoms with van der Waals surface area (Å²) in [5.74, 6) is 0. The van der Waals surface area contributed by atoms with Crippen molar-refractivity contribution >= 4 is 11.3 Å². The summed E-state index contributed by atoms with van der Waals surface area (Å²) in [6, 6.07) is 0.524. The summed E-state index contributed by atoms with van der Waals surface area (Å²) in [6.45, 7) is 2.15. The van der Waals surface area contributed by atoms with Gasteiger partial charge in [-0.05, 0) is 33.5 Å². The van der Waals surface area contributed by atoms with Gasteiger partial charge in [0.05, 0.1) is 6.04 Å². The smallest absolute Gasteiger partial charge is 0.110 e. The predicted octanol–water partition coefficient (Wildman–Crippen LogP) is 1.63. The minimum Gasteiger partial charge on any atom is -0.308 e. The molecule has 0 amide bonds. The van der Waals surface area contributed by atoms with Gasteiger partial charge in [-0.2, -0.15) is 0 Å². The molecule has 0 saturated carbocycles. The van der Waals surface area contributed by atoms with Gasteiger partial charge in [0.15, 0.2) is 0 Å². The van der Waals surface area contributed by atoms with E-state index in [0.29, 0.717) is 6.04 Å². The molecule has 1 aliphatic rings. The topological polar surface area (TPSA) is 28.2 Å². The fourth-order valence-electron chi connectivity index (χ4n) is 1.76. The largest absolute Gasteiger partial charge is 0.308 e. The summed E-state index contributed by atoms with van der Waals surface area (Å²) in [7, 11) is 4.18. The average Bonchev–Trinajstić information content (AvgIpc) is 2.69. The number of hydrogen-bond donors (Lipinski definition) is 1. The highest BCUT2D eigenvalue weighted by Crippen LogP contribution is 2.27. The summed E-state index contributed by atoms with van der Waals surface area (Å²) < 4.78 is 0. The lowest BCUT2D eigenvalue weighted by atomic mass is 10.2. The number of nitrogens with one attached hydrogen (secondary N) is 1. The van der Waals surface area contributed by atoms with Crippen LogP contribution in [-0.4, -0.2) is 30.5 Å². The van der Waals surface area contributed by atoms with E-state index >= 15 is 0 Å². The molecule has 1 unspecified atom stereocenters. The van der Waals surface area contributed by atoms with E-state index in [-0.39, 0.29) is 0 Å². The molecular weight excluding hydrogens is 194 g/mol. The van der Waals surface area contributed by atoms with Gasteiger partial charge in [0, 0.05) is 17.6 Å². The Morgan fingerprint density at radius 2 is 2.50 bits per heavy atom. The Bertz CT molecular complexity index is 289. The summed E-state index contributed by atoms with van der Waals surface area (Å²) in [4.78, 5) is 8.02. The Hall–Kier alpha value is -0.450. The quantitative estimate of drug-likeness (QED) is 0.823. The van der Waals surface area contributed by atoms with E-state index in [0.717, 1.165) is 13.1 Å². The lowest BCUT2D eigenvalue weighted by molar-refractivity contribution is 0.406. The third-order valence-corrected chi connectivity index (χ3v) is 3.50. The van der Waals surface area contributed by atoms with Gasteiger partial charge >= 0.3 is 0 Å². The number of thiazole rings is 1. The van der Waals surface area contributed by atoms with Gasteiger partial charge in [-0.25, -0.2) is 4.98 Å². The summed E-state index contributed by atoms with van der Waals surface area (Å²) in [5, 5.41) is 4.74. The lowest BCUT2D eigenvalue weighted by Gasteiger charge is -2.06. The highest BCUT2D eigenvalue weighted by atomic mass is 32.1. The molecule has 1 aromatic heterocycles. The number of rotatable bonds is 3. The minimum absolute atomic E-state index is 0.524. The second-order valence-corrected chi connectivity index (χ2v) is 5.20. The second kappa shape index (κ2) is 4.38. The van der Waals surface area contributed by atoms with E-state index in [1.807, 2.05) is 17.5 Å². The van der Waals surface area contributed by atoms with Crippen LogP contribution in [0.3, 0.4) is 0 Å². The first-order valence-corrected chi connectivity index (χ1v) is 5.90. The van der Waals surface area contributed by atoms with Gasteiger partial charge in [-0.15, -0.1) is 11.3 Å². The van der Waals surface area contributed by atoms with Crippen molar-refractivity contribution in [1.29, 1.82) is 0 Å². The summed E-state index contributed by atoms with van der Waals surface area (Å²) in [6.07, 6.45) is 4.54. The molecule has 0 spiro atoms. The van der Waals surface area contributed by atoms with Crippen molar-refractivity contribution in [2.45, 2.75) is 25.4 Å². The Balaban J connectivity index is 2.01. The molecule has 4 heteroatoms. The van der Waals surface area contributed by atoms with E-state index in [9.17, 15) is 0 Å². The molecule has 3 nitrogen and oxygen atoms in total. The molecule has 1 aromatic rings. The molecule has 1 fully saturated rings. The molecule has 0 radical (unpaired) electrons. The fraction of sp³-hybridized carbons (Fsp3) is 0.700. The summed E-state index contributed by atoms with van der Waals surface area (Å²) in [5.41, 5.74) is 0.